The second-order valence-corrected chi connectivity index (χ2v) is 4.26. The van der Waals surface area contributed by atoms with Gasteiger partial charge in [0.1, 0.15) is 5.84 Å². The first-order valence-corrected chi connectivity index (χ1v) is 5.49. The first kappa shape index (κ1) is 12.8. The predicted octanol–water partition coefficient (Wildman–Crippen LogP) is 0.179. The summed E-state index contributed by atoms with van der Waals surface area (Å²) >= 11 is 0. The summed E-state index contributed by atoms with van der Waals surface area (Å²) in [6.07, 6.45) is 1.41. The van der Waals surface area contributed by atoms with Crippen LogP contribution in [0.4, 0.5) is 4.79 Å². The summed E-state index contributed by atoms with van der Waals surface area (Å²) in [7, 11) is 0. The van der Waals surface area contributed by atoms with Crippen LogP contribution in [-0.2, 0) is 4.74 Å². The number of carbonyl (C=O) groups excluding carboxylic acids is 1. The number of amidine groups is 1. The number of nitrogens with one attached hydrogen (secondary N) is 3. The molecule has 2 atom stereocenters. The van der Waals surface area contributed by atoms with Gasteiger partial charge in [-0.15, -0.1) is 0 Å². The van der Waals surface area contributed by atoms with Crippen molar-refractivity contribution in [2.24, 2.45) is 5.73 Å². The molecule has 92 valence electrons. The highest BCUT2D eigenvalue weighted by Gasteiger charge is 2.29. The molecule has 0 radical (unpaired) electrons. The lowest BCUT2D eigenvalue weighted by Crippen LogP contribution is -2.58. The van der Waals surface area contributed by atoms with Crippen molar-refractivity contribution < 1.29 is 9.53 Å². The number of amides is 2. The molecule has 0 saturated carbocycles. The van der Waals surface area contributed by atoms with Crippen LogP contribution in [0.15, 0.2) is 0 Å². The molecule has 1 rings (SSSR count). The Morgan fingerprint density at radius 3 is 2.81 bits per heavy atom. The highest BCUT2D eigenvalue weighted by atomic mass is 16.5. The first-order chi connectivity index (χ1) is 7.48. The Morgan fingerprint density at radius 1 is 1.69 bits per heavy atom. The molecule has 0 aromatic rings. The molecule has 0 aliphatic carbocycles. The SMILES string of the molecule is CCC(C)(NC(=O)NC1CCOC1)C(=N)N. The lowest BCUT2D eigenvalue weighted by atomic mass is 9.98. The van der Waals surface area contributed by atoms with Gasteiger partial charge >= 0.3 is 6.03 Å². The number of rotatable bonds is 4. The van der Waals surface area contributed by atoms with E-state index in [1.165, 1.54) is 0 Å². The Morgan fingerprint density at radius 2 is 2.38 bits per heavy atom. The van der Waals surface area contributed by atoms with E-state index in [-0.39, 0.29) is 17.9 Å². The van der Waals surface area contributed by atoms with Crippen LogP contribution in [0.5, 0.6) is 0 Å². The summed E-state index contributed by atoms with van der Waals surface area (Å²) in [6, 6.07) is -0.233. The van der Waals surface area contributed by atoms with E-state index in [1.807, 2.05) is 6.92 Å². The second-order valence-electron chi connectivity index (χ2n) is 4.26. The molecular weight excluding hydrogens is 208 g/mol. The Balaban J connectivity index is 2.45. The van der Waals surface area contributed by atoms with Gasteiger partial charge in [-0.3, -0.25) is 5.41 Å². The molecule has 16 heavy (non-hydrogen) atoms. The maximum Gasteiger partial charge on any atom is 0.315 e. The van der Waals surface area contributed by atoms with Crippen LogP contribution >= 0.6 is 0 Å². The highest BCUT2D eigenvalue weighted by Crippen LogP contribution is 2.09. The van der Waals surface area contributed by atoms with E-state index in [9.17, 15) is 4.79 Å². The molecule has 5 N–H and O–H groups in total. The standard InChI is InChI=1S/C10H20N4O2/c1-3-10(2,8(11)12)14-9(15)13-7-4-5-16-6-7/h7H,3-6H2,1-2H3,(H3,11,12)(H2,13,14,15). The van der Waals surface area contributed by atoms with Gasteiger partial charge in [0.15, 0.2) is 0 Å². The maximum absolute atomic E-state index is 11.6. The quantitative estimate of drug-likeness (QED) is 0.408. The van der Waals surface area contributed by atoms with Crippen molar-refractivity contribution in [3.63, 3.8) is 0 Å². The fraction of sp³-hybridized carbons (Fsp3) is 0.800. The number of hydrogen-bond donors (Lipinski definition) is 4. The normalized spacial score (nSPS) is 23.5. The van der Waals surface area contributed by atoms with Crippen molar-refractivity contribution in [2.75, 3.05) is 13.2 Å². The summed E-state index contributed by atoms with van der Waals surface area (Å²) in [5.74, 6) is -0.0344. The minimum Gasteiger partial charge on any atom is -0.386 e. The Bertz CT molecular complexity index is 276. The van der Waals surface area contributed by atoms with E-state index in [2.05, 4.69) is 10.6 Å². The van der Waals surface area contributed by atoms with Crippen molar-refractivity contribution in [1.82, 2.24) is 10.6 Å². The van der Waals surface area contributed by atoms with Gasteiger partial charge in [-0.2, -0.15) is 0 Å². The highest BCUT2D eigenvalue weighted by molar-refractivity contribution is 5.91. The maximum atomic E-state index is 11.6. The van der Waals surface area contributed by atoms with E-state index in [0.29, 0.717) is 19.6 Å². The minimum atomic E-state index is -0.774. The monoisotopic (exact) mass is 228 g/mol. The number of nitrogens with two attached hydrogens (primary N) is 1. The van der Waals surface area contributed by atoms with Crippen LogP contribution in [0.25, 0.3) is 0 Å². The summed E-state index contributed by atoms with van der Waals surface area (Å²) in [5, 5.41) is 12.9. The average Bonchev–Trinajstić information content (AvgIpc) is 2.69. The van der Waals surface area contributed by atoms with Crippen molar-refractivity contribution in [2.45, 2.75) is 38.3 Å². The lowest BCUT2D eigenvalue weighted by Gasteiger charge is -2.28. The minimum absolute atomic E-state index is 0.0344. The predicted molar refractivity (Wildman–Crippen MR) is 61.5 cm³/mol. The third-order valence-electron chi connectivity index (χ3n) is 2.96. The Kier molecular flexibility index (Phi) is 4.12. The number of hydrogen-bond acceptors (Lipinski definition) is 3. The number of ether oxygens (including phenoxy) is 1. The van der Waals surface area contributed by atoms with Gasteiger partial charge in [-0.05, 0) is 19.8 Å². The third-order valence-corrected chi connectivity index (χ3v) is 2.96. The fourth-order valence-corrected chi connectivity index (χ4v) is 1.47. The molecule has 0 bridgehead atoms. The van der Waals surface area contributed by atoms with E-state index < -0.39 is 5.54 Å². The van der Waals surface area contributed by atoms with Gasteiger partial charge in [0.05, 0.1) is 18.2 Å². The molecule has 0 spiro atoms. The van der Waals surface area contributed by atoms with Crippen molar-refractivity contribution in [3.05, 3.63) is 0 Å². The topological polar surface area (TPSA) is 100 Å². The molecule has 1 fully saturated rings. The van der Waals surface area contributed by atoms with Crippen LogP contribution in [0.3, 0.4) is 0 Å². The van der Waals surface area contributed by atoms with Crippen LogP contribution in [0, 0.1) is 5.41 Å². The Hall–Kier alpha value is -1.30. The van der Waals surface area contributed by atoms with E-state index in [0.717, 1.165) is 6.42 Å². The average molecular weight is 228 g/mol. The molecule has 0 aromatic carbocycles. The lowest BCUT2D eigenvalue weighted by molar-refractivity contribution is 0.187. The molecule has 0 aromatic heterocycles. The molecule has 6 nitrogen and oxygen atoms in total. The summed E-state index contributed by atoms with van der Waals surface area (Å²) < 4.78 is 5.15. The first-order valence-electron chi connectivity index (χ1n) is 5.49. The summed E-state index contributed by atoms with van der Waals surface area (Å²) in [5.41, 5.74) is 4.68. The zero-order valence-corrected chi connectivity index (χ0v) is 9.80. The summed E-state index contributed by atoms with van der Waals surface area (Å²) in [6.45, 7) is 4.85. The van der Waals surface area contributed by atoms with Crippen molar-refractivity contribution in [3.8, 4) is 0 Å². The molecule has 1 aliphatic heterocycles. The van der Waals surface area contributed by atoms with Gasteiger partial charge in [-0.1, -0.05) is 6.92 Å². The van der Waals surface area contributed by atoms with Crippen LogP contribution in [0.2, 0.25) is 0 Å². The van der Waals surface area contributed by atoms with Crippen LogP contribution in [-0.4, -0.2) is 36.7 Å². The van der Waals surface area contributed by atoms with Crippen LogP contribution in [0.1, 0.15) is 26.7 Å². The number of carbonyl (C=O) groups is 1. The molecule has 2 amide bonds. The second kappa shape index (κ2) is 5.16. The van der Waals surface area contributed by atoms with E-state index in [1.54, 1.807) is 6.92 Å². The van der Waals surface area contributed by atoms with Gasteiger partial charge in [0.2, 0.25) is 0 Å². The molecule has 1 aliphatic rings. The largest absolute Gasteiger partial charge is 0.386 e. The van der Waals surface area contributed by atoms with Crippen molar-refractivity contribution >= 4 is 11.9 Å². The third kappa shape index (κ3) is 3.10. The van der Waals surface area contributed by atoms with E-state index in [4.69, 9.17) is 15.9 Å². The summed E-state index contributed by atoms with van der Waals surface area (Å²) in [4.78, 5) is 11.6. The zero-order chi connectivity index (χ0) is 12.2. The zero-order valence-electron chi connectivity index (χ0n) is 9.80. The van der Waals surface area contributed by atoms with Gasteiger partial charge in [0.25, 0.3) is 0 Å². The fourth-order valence-electron chi connectivity index (χ4n) is 1.47. The smallest absolute Gasteiger partial charge is 0.315 e. The van der Waals surface area contributed by atoms with Crippen LogP contribution < -0.4 is 16.4 Å². The molecule has 1 heterocycles. The Labute approximate surface area is 95.4 Å². The van der Waals surface area contributed by atoms with Crippen molar-refractivity contribution in [1.29, 1.82) is 5.41 Å². The molecular formula is C10H20N4O2. The van der Waals surface area contributed by atoms with Gasteiger partial charge in [-0.25, -0.2) is 4.79 Å². The molecule has 2 unspecified atom stereocenters. The van der Waals surface area contributed by atoms with Gasteiger partial charge in [0, 0.05) is 6.61 Å². The number of urea groups is 1. The molecule has 6 heteroatoms. The molecule has 1 saturated heterocycles. The van der Waals surface area contributed by atoms with E-state index >= 15 is 0 Å². The van der Waals surface area contributed by atoms with Gasteiger partial charge < -0.3 is 21.1 Å².